The van der Waals surface area contributed by atoms with Gasteiger partial charge >= 0.3 is 0 Å². The van der Waals surface area contributed by atoms with Gasteiger partial charge in [-0.3, -0.25) is 9.59 Å². The highest BCUT2D eigenvalue weighted by atomic mass is 16.2. The summed E-state index contributed by atoms with van der Waals surface area (Å²) in [4.78, 5) is 23.5. The lowest BCUT2D eigenvalue weighted by atomic mass is 10.1. The number of amides is 2. The number of hydrogen-bond acceptors (Lipinski definition) is 5. The zero-order chi connectivity index (χ0) is 19.1. The number of hydrogen-bond donors (Lipinski definition) is 3. The first-order chi connectivity index (χ1) is 13.1. The molecule has 1 aliphatic carbocycles. The van der Waals surface area contributed by atoms with Crippen LogP contribution in [0.1, 0.15) is 55.9 Å². The van der Waals surface area contributed by atoms with Gasteiger partial charge < -0.3 is 16.0 Å². The molecule has 1 heterocycles. The number of rotatable bonds is 5. The minimum absolute atomic E-state index is 0.129. The zero-order valence-electron chi connectivity index (χ0n) is 15.5. The Morgan fingerprint density at radius 3 is 2.37 bits per heavy atom. The smallest absolute Gasteiger partial charge is 0.272 e. The molecule has 2 aromatic rings. The molecule has 0 saturated heterocycles. The Morgan fingerprint density at radius 2 is 1.70 bits per heavy atom. The van der Waals surface area contributed by atoms with E-state index >= 15 is 0 Å². The summed E-state index contributed by atoms with van der Waals surface area (Å²) < 4.78 is 0. The SMILES string of the molecule is CC(=O)Nc1cccc(Nc2ccc(C(=O)NC3CCCCCC3)nn2)c1. The van der Waals surface area contributed by atoms with E-state index in [4.69, 9.17) is 0 Å². The van der Waals surface area contributed by atoms with Crippen LogP contribution >= 0.6 is 0 Å². The Bertz CT molecular complexity index is 783. The second-order valence-corrected chi connectivity index (χ2v) is 6.85. The third-order valence-electron chi connectivity index (χ3n) is 4.54. The summed E-state index contributed by atoms with van der Waals surface area (Å²) in [6.07, 6.45) is 6.88. The number of carbonyl (C=O) groups is 2. The second kappa shape index (κ2) is 9.12. The maximum absolute atomic E-state index is 12.4. The topological polar surface area (TPSA) is 96.0 Å². The molecule has 27 heavy (non-hydrogen) atoms. The van der Waals surface area contributed by atoms with Crippen molar-refractivity contribution in [3.63, 3.8) is 0 Å². The number of carbonyl (C=O) groups excluding carboxylic acids is 2. The standard InChI is InChI=1S/C20H25N5O2/c1-14(26)21-16-9-6-10-17(13-16)22-19-12-11-18(24-25-19)20(27)23-15-7-4-2-3-5-8-15/h6,9-13,15H,2-5,7-8H2,1H3,(H,21,26)(H,22,25)(H,23,27). The van der Waals surface area contributed by atoms with Crippen molar-refractivity contribution >= 4 is 29.0 Å². The van der Waals surface area contributed by atoms with E-state index in [0.717, 1.165) is 31.4 Å². The normalized spacial score (nSPS) is 14.9. The van der Waals surface area contributed by atoms with Crippen LogP contribution in [0.2, 0.25) is 0 Å². The van der Waals surface area contributed by atoms with Crippen molar-refractivity contribution in [1.82, 2.24) is 15.5 Å². The minimum atomic E-state index is -0.173. The molecule has 0 bridgehead atoms. The maximum atomic E-state index is 12.4. The molecule has 142 valence electrons. The summed E-state index contributed by atoms with van der Waals surface area (Å²) in [6.45, 7) is 1.46. The molecule has 0 atom stereocenters. The Morgan fingerprint density at radius 1 is 0.963 bits per heavy atom. The lowest BCUT2D eigenvalue weighted by Crippen LogP contribution is -2.35. The largest absolute Gasteiger partial charge is 0.348 e. The van der Waals surface area contributed by atoms with Crippen molar-refractivity contribution in [2.24, 2.45) is 0 Å². The molecule has 0 unspecified atom stereocenters. The van der Waals surface area contributed by atoms with E-state index in [-0.39, 0.29) is 17.9 Å². The summed E-state index contributed by atoms with van der Waals surface area (Å²) in [6, 6.07) is 10.9. The van der Waals surface area contributed by atoms with Gasteiger partial charge in [0.2, 0.25) is 5.91 Å². The number of nitrogens with zero attached hydrogens (tertiary/aromatic N) is 2. The maximum Gasteiger partial charge on any atom is 0.272 e. The van der Waals surface area contributed by atoms with Gasteiger partial charge in [-0.25, -0.2) is 0 Å². The average Bonchev–Trinajstić information content (AvgIpc) is 2.91. The number of aromatic nitrogens is 2. The average molecular weight is 367 g/mol. The number of benzene rings is 1. The highest BCUT2D eigenvalue weighted by Gasteiger charge is 2.16. The van der Waals surface area contributed by atoms with Gasteiger partial charge in [-0.05, 0) is 43.2 Å². The van der Waals surface area contributed by atoms with Gasteiger partial charge in [-0.2, -0.15) is 0 Å². The van der Waals surface area contributed by atoms with Gasteiger partial charge in [0.25, 0.3) is 5.91 Å². The van der Waals surface area contributed by atoms with Gasteiger partial charge in [-0.15, -0.1) is 10.2 Å². The molecule has 2 amide bonds. The fraction of sp³-hybridized carbons (Fsp3) is 0.400. The molecule has 7 nitrogen and oxygen atoms in total. The summed E-state index contributed by atoms with van der Waals surface area (Å²) >= 11 is 0. The Labute approximate surface area is 159 Å². The van der Waals surface area contributed by atoms with Crippen LogP contribution in [-0.2, 0) is 4.79 Å². The molecule has 0 radical (unpaired) electrons. The molecule has 1 aromatic heterocycles. The quantitative estimate of drug-likeness (QED) is 0.701. The molecule has 1 aliphatic rings. The molecule has 1 aromatic carbocycles. The van der Waals surface area contributed by atoms with Crippen LogP contribution in [0.25, 0.3) is 0 Å². The third kappa shape index (κ3) is 5.77. The van der Waals surface area contributed by atoms with E-state index in [9.17, 15) is 9.59 Å². The van der Waals surface area contributed by atoms with Crippen LogP contribution < -0.4 is 16.0 Å². The van der Waals surface area contributed by atoms with E-state index < -0.39 is 0 Å². The van der Waals surface area contributed by atoms with E-state index in [1.165, 1.54) is 19.8 Å². The summed E-state index contributed by atoms with van der Waals surface area (Å²) in [5.41, 5.74) is 1.78. The molecule has 7 heteroatoms. The van der Waals surface area contributed by atoms with Crippen molar-refractivity contribution in [3.05, 3.63) is 42.1 Å². The van der Waals surface area contributed by atoms with E-state index in [1.54, 1.807) is 24.3 Å². The van der Waals surface area contributed by atoms with Crippen molar-refractivity contribution in [3.8, 4) is 0 Å². The van der Waals surface area contributed by atoms with Crippen LogP contribution in [0.4, 0.5) is 17.2 Å². The molecule has 1 saturated carbocycles. The van der Waals surface area contributed by atoms with E-state index in [1.807, 2.05) is 12.1 Å². The van der Waals surface area contributed by atoms with Crippen molar-refractivity contribution in [1.29, 1.82) is 0 Å². The van der Waals surface area contributed by atoms with E-state index in [0.29, 0.717) is 17.2 Å². The van der Waals surface area contributed by atoms with Gasteiger partial charge in [0.05, 0.1) is 0 Å². The first-order valence-corrected chi connectivity index (χ1v) is 9.39. The second-order valence-electron chi connectivity index (χ2n) is 6.85. The van der Waals surface area contributed by atoms with Crippen LogP contribution in [0, 0.1) is 0 Å². The Kier molecular flexibility index (Phi) is 6.35. The van der Waals surface area contributed by atoms with Gasteiger partial charge in [-0.1, -0.05) is 31.7 Å². The third-order valence-corrected chi connectivity index (χ3v) is 4.54. The first kappa shape index (κ1) is 18.8. The van der Waals surface area contributed by atoms with Crippen LogP contribution in [0.5, 0.6) is 0 Å². The van der Waals surface area contributed by atoms with Crippen molar-refractivity contribution in [2.45, 2.75) is 51.5 Å². The number of anilines is 3. The van der Waals surface area contributed by atoms with Crippen molar-refractivity contribution < 1.29 is 9.59 Å². The molecule has 0 spiro atoms. The van der Waals surface area contributed by atoms with Crippen LogP contribution in [0.3, 0.4) is 0 Å². The monoisotopic (exact) mass is 367 g/mol. The van der Waals surface area contributed by atoms with Gasteiger partial charge in [0.1, 0.15) is 0 Å². The number of nitrogens with one attached hydrogen (secondary N) is 3. The predicted molar refractivity (Wildman–Crippen MR) is 105 cm³/mol. The van der Waals surface area contributed by atoms with E-state index in [2.05, 4.69) is 26.1 Å². The fourth-order valence-corrected chi connectivity index (χ4v) is 3.23. The molecule has 0 aliphatic heterocycles. The molecular formula is C20H25N5O2. The lowest BCUT2D eigenvalue weighted by Gasteiger charge is -2.15. The molecule has 1 fully saturated rings. The summed E-state index contributed by atoms with van der Waals surface area (Å²) in [5.74, 6) is 0.227. The van der Waals surface area contributed by atoms with Gasteiger partial charge in [0, 0.05) is 24.3 Å². The summed E-state index contributed by atoms with van der Waals surface area (Å²) in [7, 11) is 0. The zero-order valence-corrected chi connectivity index (χ0v) is 15.5. The Hall–Kier alpha value is -2.96. The highest BCUT2D eigenvalue weighted by molar-refractivity contribution is 5.92. The highest BCUT2D eigenvalue weighted by Crippen LogP contribution is 2.19. The molecular weight excluding hydrogens is 342 g/mol. The fourth-order valence-electron chi connectivity index (χ4n) is 3.23. The molecule has 3 rings (SSSR count). The van der Waals surface area contributed by atoms with Crippen LogP contribution in [-0.4, -0.2) is 28.1 Å². The summed E-state index contributed by atoms with van der Waals surface area (Å²) in [5, 5.41) is 17.0. The van der Waals surface area contributed by atoms with Crippen molar-refractivity contribution in [2.75, 3.05) is 10.6 Å². The van der Waals surface area contributed by atoms with Crippen LogP contribution in [0.15, 0.2) is 36.4 Å². The Balaban J connectivity index is 1.59. The van der Waals surface area contributed by atoms with Gasteiger partial charge in [0.15, 0.2) is 11.5 Å². The lowest BCUT2D eigenvalue weighted by molar-refractivity contribution is -0.114. The first-order valence-electron chi connectivity index (χ1n) is 9.39. The minimum Gasteiger partial charge on any atom is -0.348 e. The molecule has 3 N–H and O–H groups in total. The predicted octanol–water partition coefficient (Wildman–Crippen LogP) is 3.63.